The zero-order chi connectivity index (χ0) is 16.1. The summed E-state index contributed by atoms with van der Waals surface area (Å²) < 4.78 is 6.23. The van der Waals surface area contributed by atoms with Crippen LogP contribution in [0.4, 0.5) is 10.6 Å². The minimum atomic E-state index is -0.333. The van der Waals surface area contributed by atoms with E-state index < -0.39 is 0 Å². The molecule has 0 fully saturated rings. The van der Waals surface area contributed by atoms with Crippen LogP contribution in [0.2, 0.25) is 0 Å². The summed E-state index contributed by atoms with van der Waals surface area (Å²) in [6.07, 6.45) is 0. The Labute approximate surface area is 141 Å². The number of nitrogens with one attached hydrogen (secondary N) is 2. The number of urea groups is 1. The molecule has 1 heterocycles. The fourth-order valence-electron chi connectivity index (χ4n) is 2.02. The molecule has 2 aromatic carbocycles. The molecule has 6 heteroatoms. The number of aromatic nitrogens is 1. The molecule has 3 aromatic rings. The summed E-state index contributed by atoms with van der Waals surface area (Å²) in [5.74, 6) is 0.978. The summed E-state index contributed by atoms with van der Waals surface area (Å²) in [6, 6.07) is 18.7. The van der Waals surface area contributed by atoms with Crippen LogP contribution in [0.25, 0.3) is 11.3 Å². The Morgan fingerprint density at radius 3 is 2.57 bits per heavy atom. The molecule has 2 amide bonds. The Bertz CT molecular complexity index is 785. The van der Waals surface area contributed by atoms with Crippen molar-refractivity contribution < 1.29 is 9.32 Å². The lowest BCUT2D eigenvalue weighted by Gasteiger charge is -2.05. The van der Waals surface area contributed by atoms with Gasteiger partial charge >= 0.3 is 6.03 Å². The van der Waals surface area contributed by atoms with Crippen molar-refractivity contribution in [2.24, 2.45) is 0 Å². The van der Waals surface area contributed by atoms with E-state index in [0.717, 1.165) is 15.6 Å². The Balaban J connectivity index is 1.56. The fourth-order valence-corrected chi connectivity index (χ4v) is 2.28. The van der Waals surface area contributed by atoms with Crippen molar-refractivity contribution in [2.75, 3.05) is 5.32 Å². The Hall–Kier alpha value is -2.60. The molecule has 116 valence electrons. The van der Waals surface area contributed by atoms with Gasteiger partial charge in [0.25, 0.3) is 0 Å². The van der Waals surface area contributed by atoms with Gasteiger partial charge in [-0.15, -0.1) is 0 Å². The fraction of sp³-hybridized carbons (Fsp3) is 0.0588. The SMILES string of the molecule is O=C(NCc1ccc(Br)cc1)Nc1cc(-c2ccccc2)on1. The summed E-state index contributed by atoms with van der Waals surface area (Å²) >= 11 is 3.37. The molecule has 0 saturated heterocycles. The number of hydrogen-bond acceptors (Lipinski definition) is 3. The maximum absolute atomic E-state index is 11.9. The van der Waals surface area contributed by atoms with Crippen molar-refractivity contribution >= 4 is 27.8 Å². The topological polar surface area (TPSA) is 67.2 Å². The van der Waals surface area contributed by atoms with Crippen LogP contribution in [0, 0.1) is 0 Å². The minimum Gasteiger partial charge on any atom is -0.354 e. The summed E-state index contributed by atoms with van der Waals surface area (Å²) in [4.78, 5) is 11.9. The van der Waals surface area contributed by atoms with Crippen molar-refractivity contribution in [3.63, 3.8) is 0 Å². The van der Waals surface area contributed by atoms with Crippen LogP contribution in [0.5, 0.6) is 0 Å². The van der Waals surface area contributed by atoms with Gasteiger partial charge in [0.05, 0.1) is 0 Å². The van der Waals surface area contributed by atoms with E-state index in [-0.39, 0.29) is 6.03 Å². The highest BCUT2D eigenvalue weighted by Crippen LogP contribution is 2.21. The number of anilines is 1. The second-order valence-corrected chi connectivity index (χ2v) is 5.79. The second-order valence-electron chi connectivity index (χ2n) is 4.88. The molecular weight excluding hydrogens is 358 g/mol. The predicted molar refractivity (Wildman–Crippen MR) is 91.9 cm³/mol. The van der Waals surface area contributed by atoms with Gasteiger partial charge < -0.3 is 9.84 Å². The smallest absolute Gasteiger partial charge is 0.320 e. The number of benzene rings is 2. The summed E-state index contributed by atoms with van der Waals surface area (Å²) in [5, 5.41) is 9.26. The summed E-state index contributed by atoms with van der Waals surface area (Å²) in [5.41, 5.74) is 1.91. The number of rotatable bonds is 4. The molecule has 3 rings (SSSR count). The van der Waals surface area contributed by atoms with Crippen LogP contribution in [-0.2, 0) is 6.54 Å². The van der Waals surface area contributed by atoms with Crippen LogP contribution in [0.15, 0.2) is 69.7 Å². The highest BCUT2D eigenvalue weighted by atomic mass is 79.9. The van der Waals surface area contributed by atoms with E-state index in [1.807, 2.05) is 54.6 Å². The van der Waals surface area contributed by atoms with E-state index in [1.54, 1.807) is 6.07 Å². The highest BCUT2D eigenvalue weighted by molar-refractivity contribution is 9.10. The molecule has 0 atom stereocenters. The van der Waals surface area contributed by atoms with Crippen LogP contribution in [0.1, 0.15) is 5.56 Å². The van der Waals surface area contributed by atoms with Crippen molar-refractivity contribution in [2.45, 2.75) is 6.54 Å². The number of carbonyl (C=O) groups excluding carboxylic acids is 1. The average Bonchev–Trinajstić information content (AvgIpc) is 3.04. The van der Waals surface area contributed by atoms with Crippen LogP contribution in [-0.4, -0.2) is 11.2 Å². The van der Waals surface area contributed by atoms with Crippen LogP contribution >= 0.6 is 15.9 Å². The monoisotopic (exact) mass is 371 g/mol. The lowest BCUT2D eigenvalue weighted by Crippen LogP contribution is -2.28. The predicted octanol–water partition coefficient (Wildman–Crippen LogP) is 4.43. The van der Waals surface area contributed by atoms with E-state index >= 15 is 0 Å². The first-order valence-electron chi connectivity index (χ1n) is 7.02. The third-order valence-electron chi connectivity index (χ3n) is 3.18. The third-order valence-corrected chi connectivity index (χ3v) is 3.71. The van der Waals surface area contributed by atoms with Gasteiger partial charge in [-0.3, -0.25) is 5.32 Å². The van der Waals surface area contributed by atoms with Crippen LogP contribution < -0.4 is 10.6 Å². The lowest BCUT2D eigenvalue weighted by atomic mass is 10.2. The van der Waals surface area contributed by atoms with Gasteiger partial charge in [0, 0.05) is 22.6 Å². The molecule has 0 spiro atoms. The third kappa shape index (κ3) is 4.20. The number of amides is 2. The molecule has 0 aliphatic heterocycles. The van der Waals surface area contributed by atoms with Gasteiger partial charge in [-0.25, -0.2) is 4.79 Å². The van der Waals surface area contributed by atoms with E-state index in [2.05, 4.69) is 31.7 Å². The van der Waals surface area contributed by atoms with E-state index in [4.69, 9.17) is 4.52 Å². The van der Waals surface area contributed by atoms with Crippen molar-refractivity contribution in [1.29, 1.82) is 0 Å². The lowest BCUT2D eigenvalue weighted by molar-refractivity contribution is 0.251. The number of halogens is 1. The Morgan fingerprint density at radius 1 is 1.09 bits per heavy atom. The summed E-state index contributed by atoms with van der Waals surface area (Å²) in [6.45, 7) is 0.433. The van der Waals surface area contributed by atoms with Crippen LogP contribution in [0.3, 0.4) is 0 Å². The van der Waals surface area contributed by atoms with Gasteiger partial charge in [0.1, 0.15) is 0 Å². The highest BCUT2D eigenvalue weighted by Gasteiger charge is 2.09. The standard InChI is InChI=1S/C17H14BrN3O2/c18-14-8-6-12(7-9-14)11-19-17(22)20-16-10-15(23-21-16)13-4-2-1-3-5-13/h1-10H,11H2,(H2,19,20,21,22). The van der Waals surface area contributed by atoms with Gasteiger partial charge in [0.2, 0.25) is 0 Å². The van der Waals surface area contributed by atoms with E-state index in [9.17, 15) is 4.79 Å². The quantitative estimate of drug-likeness (QED) is 0.712. The van der Waals surface area contributed by atoms with Gasteiger partial charge in [0.15, 0.2) is 11.6 Å². The number of carbonyl (C=O) groups is 1. The molecule has 2 N–H and O–H groups in total. The van der Waals surface area contributed by atoms with E-state index in [1.165, 1.54) is 0 Å². The van der Waals surface area contributed by atoms with Gasteiger partial charge in [-0.1, -0.05) is 63.6 Å². The van der Waals surface area contributed by atoms with Crippen molar-refractivity contribution in [3.05, 3.63) is 70.7 Å². The van der Waals surface area contributed by atoms with E-state index in [0.29, 0.717) is 18.1 Å². The van der Waals surface area contributed by atoms with Crippen molar-refractivity contribution in [1.82, 2.24) is 10.5 Å². The first-order valence-corrected chi connectivity index (χ1v) is 7.81. The normalized spacial score (nSPS) is 10.3. The molecule has 5 nitrogen and oxygen atoms in total. The van der Waals surface area contributed by atoms with Gasteiger partial charge in [-0.05, 0) is 17.7 Å². The molecule has 0 aliphatic rings. The molecule has 0 radical (unpaired) electrons. The number of hydrogen-bond donors (Lipinski definition) is 2. The maximum atomic E-state index is 11.9. The van der Waals surface area contributed by atoms with Gasteiger partial charge in [-0.2, -0.15) is 0 Å². The molecule has 1 aromatic heterocycles. The first kappa shape index (κ1) is 15.3. The number of nitrogens with zero attached hydrogens (tertiary/aromatic N) is 1. The largest absolute Gasteiger partial charge is 0.354 e. The first-order chi connectivity index (χ1) is 11.2. The molecular formula is C17H14BrN3O2. The Kier molecular flexibility index (Phi) is 4.73. The second kappa shape index (κ2) is 7.11. The maximum Gasteiger partial charge on any atom is 0.320 e. The molecule has 0 saturated carbocycles. The minimum absolute atomic E-state index is 0.333. The zero-order valence-corrected chi connectivity index (χ0v) is 13.7. The molecule has 23 heavy (non-hydrogen) atoms. The molecule has 0 unspecified atom stereocenters. The molecule has 0 aliphatic carbocycles. The average molecular weight is 372 g/mol. The molecule has 0 bridgehead atoms. The summed E-state index contributed by atoms with van der Waals surface area (Å²) in [7, 11) is 0. The van der Waals surface area contributed by atoms with Crippen molar-refractivity contribution in [3.8, 4) is 11.3 Å². The Morgan fingerprint density at radius 2 is 1.83 bits per heavy atom. The zero-order valence-electron chi connectivity index (χ0n) is 12.1.